The number of pyridine rings is 1. The number of ether oxygens (including phenoxy) is 1. The van der Waals surface area contributed by atoms with Crippen LogP contribution >= 0.6 is 0 Å². The molecule has 1 aromatic carbocycles. The van der Waals surface area contributed by atoms with Gasteiger partial charge in [-0.05, 0) is 48.9 Å². The maximum Gasteiger partial charge on any atom is 0.328 e. The van der Waals surface area contributed by atoms with Crippen molar-refractivity contribution in [2.75, 3.05) is 7.11 Å². The molecule has 0 saturated heterocycles. The van der Waals surface area contributed by atoms with E-state index in [1.807, 2.05) is 53.9 Å². The van der Waals surface area contributed by atoms with E-state index in [1.165, 1.54) is 0 Å². The number of aryl methyl sites for hydroxylation is 1. The minimum absolute atomic E-state index is 0.733. The van der Waals surface area contributed by atoms with E-state index in [-0.39, 0.29) is 0 Å². The number of hydrogen-bond acceptors (Lipinski definition) is 3. The average Bonchev–Trinajstić information content (AvgIpc) is 2.93. The molecule has 3 rings (SSSR count). The van der Waals surface area contributed by atoms with Crippen molar-refractivity contribution in [1.29, 1.82) is 0 Å². The molecule has 0 fully saturated rings. The molecule has 0 aliphatic heterocycles. The van der Waals surface area contributed by atoms with E-state index in [2.05, 4.69) is 0 Å². The number of methoxy groups -OCH3 is 1. The number of fused-ring (bicyclic) bond motifs is 1. The topological polar surface area (TPSA) is 63.8 Å². The molecule has 0 atom stereocenters. The fraction of sp³-hybridized carbons (Fsp3) is 0.111. The lowest BCUT2D eigenvalue weighted by Crippen LogP contribution is -1.92. The Balaban J connectivity index is 2.23. The van der Waals surface area contributed by atoms with Crippen LogP contribution in [-0.2, 0) is 4.79 Å². The van der Waals surface area contributed by atoms with Gasteiger partial charge in [0.1, 0.15) is 11.4 Å². The zero-order valence-corrected chi connectivity index (χ0v) is 12.9. The summed E-state index contributed by atoms with van der Waals surface area (Å²) in [7, 11) is 1.62. The summed E-state index contributed by atoms with van der Waals surface area (Å²) in [5, 5.41) is 8.94. The van der Waals surface area contributed by atoms with E-state index in [1.54, 1.807) is 13.2 Å². The molecule has 2 heterocycles. The first kappa shape index (κ1) is 14.8. The number of aliphatic carboxylic acids is 1. The number of carboxylic acid groups (broad SMARTS) is 1. The van der Waals surface area contributed by atoms with Gasteiger partial charge in [-0.3, -0.25) is 4.40 Å². The first-order chi connectivity index (χ1) is 11.1. The Kier molecular flexibility index (Phi) is 3.85. The molecule has 0 saturated carbocycles. The van der Waals surface area contributed by atoms with Crippen LogP contribution in [0.4, 0.5) is 0 Å². The molecule has 0 radical (unpaired) electrons. The van der Waals surface area contributed by atoms with E-state index >= 15 is 0 Å². The predicted molar refractivity (Wildman–Crippen MR) is 88.6 cm³/mol. The van der Waals surface area contributed by atoms with Crippen LogP contribution in [0.2, 0.25) is 0 Å². The molecule has 0 aliphatic rings. The number of imidazole rings is 1. The minimum atomic E-state index is -0.992. The van der Waals surface area contributed by atoms with Crippen molar-refractivity contribution in [1.82, 2.24) is 9.38 Å². The van der Waals surface area contributed by atoms with Gasteiger partial charge >= 0.3 is 5.97 Å². The van der Waals surface area contributed by atoms with Crippen LogP contribution in [0, 0.1) is 6.92 Å². The van der Waals surface area contributed by atoms with Crippen LogP contribution in [0.5, 0.6) is 5.75 Å². The number of carboxylic acids is 1. The molecule has 3 aromatic rings. The van der Waals surface area contributed by atoms with Crippen LogP contribution in [0.1, 0.15) is 11.3 Å². The quantitative estimate of drug-likeness (QED) is 0.750. The Bertz CT molecular complexity index is 893. The van der Waals surface area contributed by atoms with E-state index in [0.717, 1.165) is 40.0 Å². The lowest BCUT2D eigenvalue weighted by molar-refractivity contribution is -0.131. The summed E-state index contributed by atoms with van der Waals surface area (Å²) >= 11 is 0. The third-order valence-corrected chi connectivity index (χ3v) is 3.63. The molecular formula is C18H16N2O3. The summed E-state index contributed by atoms with van der Waals surface area (Å²) in [5.74, 6) is -0.232. The summed E-state index contributed by atoms with van der Waals surface area (Å²) < 4.78 is 7.07. The second-order valence-electron chi connectivity index (χ2n) is 5.13. The molecule has 2 aromatic heterocycles. The van der Waals surface area contributed by atoms with Crippen LogP contribution in [0.3, 0.4) is 0 Å². The van der Waals surface area contributed by atoms with Crippen LogP contribution in [0.25, 0.3) is 23.0 Å². The molecule has 0 unspecified atom stereocenters. The summed E-state index contributed by atoms with van der Waals surface area (Å²) in [6.07, 6.45) is 4.57. The van der Waals surface area contributed by atoms with Crippen molar-refractivity contribution in [2.24, 2.45) is 0 Å². The zero-order chi connectivity index (χ0) is 16.4. The van der Waals surface area contributed by atoms with E-state index < -0.39 is 5.97 Å². The maximum atomic E-state index is 10.9. The number of aromatic nitrogens is 2. The molecular weight excluding hydrogens is 292 g/mol. The molecule has 0 amide bonds. The van der Waals surface area contributed by atoms with Gasteiger partial charge in [-0.2, -0.15) is 0 Å². The predicted octanol–water partition coefficient (Wildman–Crippen LogP) is 3.42. The van der Waals surface area contributed by atoms with Crippen molar-refractivity contribution < 1.29 is 14.6 Å². The molecule has 5 nitrogen and oxygen atoms in total. The second kappa shape index (κ2) is 5.96. The van der Waals surface area contributed by atoms with Gasteiger partial charge < -0.3 is 9.84 Å². The second-order valence-corrected chi connectivity index (χ2v) is 5.13. The standard InChI is InChI=1S/C18H16N2O3/c1-12-4-3-11-20-15(9-10-16(21)22)17(19-18(12)20)13-5-7-14(23-2)8-6-13/h3-11H,1-2H3,(H,21,22). The third kappa shape index (κ3) is 2.81. The van der Waals surface area contributed by atoms with Gasteiger partial charge in [0, 0.05) is 17.8 Å². The van der Waals surface area contributed by atoms with E-state index in [9.17, 15) is 4.79 Å². The van der Waals surface area contributed by atoms with Crippen LogP contribution in [-0.4, -0.2) is 27.6 Å². The first-order valence-corrected chi connectivity index (χ1v) is 7.13. The molecule has 0 aliphatic carbocycles. The monoisotopic (exact) mass is 308 g/mol. The highest BCUT2D eigenvalue weighted by atomic mass is 16.5. The van der Waals surface area contributed by atoms with Crippen molar-refractivity contribution in [2.45, 2.75) is 6.92 Å². The summed E-state index contributed by atoms with van der Waals surface area (Å²) in [6.45, 7) is 1.98. The fourth-order valence-electron chi connectivity index (χ4n) is 2.49. The van der Waals surface area contributed by atoms with Gasteiger partial charge in [-0.15, -0.1) is 0 Å². The van der Waals surface area contributed by atoms with Crippen LogP contribution < -0.4 is 4.74 Å². The fourth-order valence-corrected chi connectivity index (χ4v) is 2.49. The number of benzene rings is 1. The highest BCUT2D eigenvalue weighted by Crippen LogP contribution is 2.28. The highest BCUT2D eigenvalue weighted by molar-refractivity contribution is 5.87. The number of carbonyl (C=O) groups is 1. The molecule has 1 N–H and O–H groups in total. The molecule has 0 bridgehead atoms. The van der Waals surface area contributed by atoms with Gasteiger partial charge in [0.25, 0.3) is 0 Å². The average molecular weight is 308 g/mol. The number of rotatable bonds is 4. The lowest BCUT2D eigenvalue weighted by Gasteiger charge is -2.03. The summed E-state index contributed by atoms with van der Waals surface area (Å²) in [5.41, 5.74) is 4.20. The van der Waals surface area contributed by atoms with Crippen LogP contribution in [0.15, 0.2) is 48.7 Å². The molecule has 23 heavy (non-hydrogen) atoms. The zero-order valence-electron chi connectivity index (χ0n) is 12.9. The normalized spacial score (nSPS) is 11.2. The number of hydrogen-bond donors (Lipinski definition) is 1. The summed E-state index contributed by atoms with van der Waals surface area (Å²) in [6, 6.07) is 11.4. The molecule has 5 heteroatoms. The van der Waals surface area contributed by atoms with E-state index in [0.29, 0.717) is 0 Å². The smallest absolute Gasteiger partial charge is 0.328 e. The van der Waals surface area contributed by atoms with Gasteiger partial charge in [0.05, 0.1) is 18.5 Å². The lowest BCUT2D eigenvalue weighted by atomic mass is 10.1. The van der Waals surface area contributed by atoms with Gasteiger partial charge in [0.15, 0.2) is 0 Å². The molecule has 116 valence electrons. The first-order valence-electron chi connectivity index (χ1n) is 7.13. The van der Waals surface area contributed by atoms with E-state index in [4.69, 9.17) is 14.8 Å². The van der Waals surface area contributed by atoms with Gasteiger partial charge in [-0.1, -0.05) is 6.07 Å². The third-order valence-electron chi connectivity index (χ3n) is 3.63. The Morgan fingerprint density at radius 3 is 2.65 bits per heavy atom. The maximum absolute atomic E-state index is 10.9. The number of nitrogens with zero attached hydrogens (tertiary/aromatic N) is 2. The molecule has 0 spiro atoms. The van der Waals surface area contributed by atoms with Crippen molar-refractivity contribution in [3.8, 4) is 17.0 Å². The SMILES string of the molecule is COc1ccc(-c2nc3c(C)cccn3c2C=CC(=O)O)cc1. The van der Waals surface area contributed by atoms with Crippen molar-refractivity contribution >= 4 is 17.7 Å². The largest absolute Gasteiger partial charge is 0.497 e. The van der Waals surface area contributed by atoms with Gasteiger partial charge in [-0.25, -0.2) is 9.78 Å². The van der Waals surface area contributed by atoms with Crippen molar-refractivity contribution in [3.63, 3.8) is 0 Å². The Labute approximate surface area is 133 Å². The van der Waals surface area contributed by atoms with Crippen molar-refractivity contribution in [3.05, 3.63) is 59.9 Å². The Morgan fingerprint density at radius 2 is 2.00 bits per heavy atom. The van der Waals surface area contributed by atoms with Gasteiger partial charge in [0.2, 0.25) is 0 Å². The Hall–Kier alpha value is -3.08. The Morgan fingerprint density at radius 1 is 1.26 bits per heavy atom. The summed E-state index contributed by atoms with van der Waals surface area (Å²) in [4.78, 5) is 15.6. The highest BCUT2D eigenvalue weighted by Gasteiger charge is 2.13. The minimum Gasteiger partial charge on any atom is -0.497 e.